The molecule has 5 fully saturated rings. The van der Waals surface area contributed by atoms with Gasteiger partial charge in [0.15, 0.2) is 0 Å². The maximum atomic E-state index is 2.92. The molecule has 9 atom stereocenters. The van der Waals surface area contributed by atoms with Gasteiger partial charge < -0.3 is 0 Å². The Morgan fingerprint density at radius 1 is 0.625 bits per heavy atom. The molecule has 0 bridgehead atoms. The Morgan fingerprint density at radius 3 is 2.00 bits per heavy atom. The first-order chi connectivity index (χ1) is 15.5. The molecular weight excluding hydrogens is 400 g/mol. The second-order valence-corrected chi connectivity index (χ2v) is 19.3. The van der Waals surface area contributed by atoms with E-state index in [1.165, 1.54) is 24.8 Å². The van der Waals surface area contributed by atoms with Crippen LogP contribution < -0.4 is 0 Å². The van der Waals surface area contributed by atoms with E-state index >= 15 is 0 Å². The van der Waals surface area contributed by atoms with Crippen LogP contribution in [0.15, 0.2) is 0 Å². The van der Waals surface area contributed by atoms with Crippen molar-refractivity contribution in [3.05, 3.63) is 0 Å². The van der Waals surface area contributed by atoms with Crippen molar-refractivity contribution >= 4 is 8.07 Å². The topological polar surface area (TPSA) is 0 Å². The maximum Gasteiger partial charge on any atom is 0.0541 e. The summed E-state index contributed by atoms with van der Waals surface area (Å²) in [5.74, 6) is 8.85. The van der Waals surface area contributed by atoms with E-state index in [9.17, 15) is 0 Å². The number of hydrogen-bond acceptors (Lipinski definition) is 0. The lowest BCUT2D eigenvalue weighted by Gasteiger charge is -2.47. The monoisotopic (exact) mass is 456 g/mol. The highest BCUT2D eigenvalue weighted by Gasteiger charge is 2.57. The minimum atomic E-state index is -1.24. The second kappa shape index (κ2) is 10.1. The molecule has 5 aliphatic rings. The first-order valence-electron chi connectivity index (χ1n) is 15.5. The number of rotatable bonds is 6. The summed E-state index contributed by atoms with van der Waals surface area (Å²) in [7, 11) is -1.24. The molecule has 0 aromatic rings. The normalized spacial score (nSPS) is 44.2. The molecular formula is C31H56Si. The minimum absolute atomic E-state index is 0.988. The summed E-state index contributed by atoms with van der Waals surface area (Å²) in [6.07, 6.45) is 26.7. The molecule has 184 valence electrons. The summed E-state index contributed by atoms with van der Waals surface area (Å²) in [4.78, 5) is 0. The predicted molar refractivity (Wildman–Crippen MR) is 143 cm³/mol. The summed E-state index contributed by atoms with van der Waals surface area (Å²) in [6.45, 7) is 10.9. The molecule has 0 spiro atoms. The van der Waals surface area contributed by atoms with E-state index in [4.69, 9.17) is 0 Å². The van der Waals surface area contributed by atoms with Gasteiger partial charge in [-0.25, -0.2) is 0 Å². The molecule has 0 aromatic heterocycles. The van der Waals surface area contributed by atoms with E-state index < -0.39 is 8.07 Å². The van der Waals surface area contributed by atoms with Crippen molar-refractivity contribution in [2.24, 2.45) is 47.3 Å². The van der Waals surface area contributed by atoms with Gasteiger partial charge in [0.25, 0.3) is 0 Å². The van der Waals surface area contributed by atoms with Gasteiger partial charge in [0.2, 0.25) is 0 Å². The van der Waals surface area contributed by atoms with Crippen LogP contribution in [-0.2, 0) is 0 Å². The smallest absolute Gasteiger partial charge is 0.0541 e. The molecule has 32 heavy (non-hydrogen) atoms. The molecule has 9 unspecified atom stereocenters. The average Bonchev–Trinajstić information content (AvgIpc) is 3.43. The Hall–Kier alpha value is 0.217. The fraction of sp³-hybridized carbons (Fsp3) is 1.00. The fourth-order valence-corrected chi connectivity index (χ4v) is 16.6. The molecule has 5 rings (SSSR count). The second-order valence-electron chi connectivity index (χ2n) is 14.2. The highest BCUT2D eigenvalue weighted by Crippen LogP contribution is 2.65. The van der Waals surface area contributed by atoms with Crippen molar-refractivity contribution in [1.29, 1.82) is 0 Å². The molecule has 0 heterocycles. The average molecular weight is 457 g/mol. The Morgan fingerprint density at radius 2 is 1.25 bits per heavy atom. The molecule has 0 aromatic carbocycles. The van der Waals surface area contributed by atoms with Crippen LogP contribution in [0.4, 0.5) is 0 Å². The third kappa shape index (κ3) is 4.33. The van der Waals surface area contributed by atoms with Crippen molar-refractivity contribution in [2.45, 2.75) is 147 Å². The number of fused-ring (bicyclic) bond motifs is 2. The zero-order valence-electron chi connectivity index (χ0n) is 22.3. The van der Waals surface area contributed by atoms with Crippen LogP contribution in [0, 0.1) is 47.3 Å². The van der Waals surface area contributed by atoms with Crippen molar-refractivity contribution in [2.75, 3.05) is 0 Å². The maximum absolute atomic E-state index is 2.92. The van der Waals surface area contributed by atoms with Gasteiger partial charge in [0.1, 0.15) is 0 Å². The van der Waals surface area contributed by atoms with Gasteiger partial charge in [-0.2, -0.15) is 0 Å². The van der Waals surface area contributed by atoms with Crippen LogP contribution in [-0.4, -0.2) is 8.07 Å². The lowest BCUT2D eigenvalue weighted by atomic mass is 9.65. The largest absolute Gasteiger partial charge is 0.0689 e. The van der Waals surface area contributed by atoms with Crippen LogP contribution in [0.5, 0.6) is 0 Å². The zero-order chi connectivity index (χ0) is 22.3. The molecule has 5 saturated carbocycles. The molecule has 0 amide bonds. The van der Waals surface area contributed by atoms with Gasteiger partial charge in [-0.3, -0.25) is 0 Å². The summed E-state index contributed by atoms with van der Waals surface area (Å²) in [5.41, 5.74) is 2.34. The zero-order valence-corrected chi connectivity index (χ0v) is 23.3. The quantitative estimate of drug-likeness (QED) is 0.349. The molecule has 0 saturated heterocycles. The van der Waals surface area contributed by atoms with Crippen LogP contribution in [0.2, 0.25) is 24.2 Å². The Balaban J connectivity index is 1.33. The highest BCUT2D eigenvalue weighted by atomic mass is 28.3. The van der Waals surface area contributed by atoms with Crippen LogP contribution in [0.25, 0.3) is 0 Å². The Labute approximate surface area is 202 Å². The summed E-state index contributed by atoms with van der Waals surface area (Å²) in [6, 6.07) is 0. The first kappa shape index (κ1) is 23.9. The molecule has 5 aliphatic carbocycles. The number of hydrogen-bond donors (Lipinski definition) is 0. The van der Waals surface area contributed by atoms with E-state index in [0.717, 1.165) is 52.9 Å². The van der Waals surface area contributed by atoms with E-state index in [-0.39, 0.29) is 0 Å². The van der Waals surface area contributed by atoms with Crippen LogP contribution in [0.1, 0.15) is 123 Å². The van der Waals surface area contributed by atoms with Gasteiger partial charge in [-0.05, 0) is 84.1 Å². The summed E-state index contributed by atoms with van der Waals surface area (Å²) in [5, 5.41) is 0. The van der Waals surface area contributed by atoms with Crippen molar-refractivity contribution in [1.82, 2.24) is 0 Å². The highest BCUT2D eigenvalue weighted by molar-refractivity contribution is 6.80. The minimum Gasteiger partial charge on any atom is -0.0689 e. The van der Waals surface area contributed by atoms with Gasteiger partial charge >= 0.3 is 0 Å². The van der Waals surface area contributed by atoms with Gasteiger partial charge in [-0.15, -0.1) is 0 Å². The van der Waals surface area contributed by atoms with Crippen molar-refractivity contribution < 1.29 is 0 Å². The fourth-order valence-electron chi connectivity index (χ4n) is 11.2. The third-order valence-corrected chi connectivity index (χ3v) is 17.8. The molecule has 0 aliphatic heterocycles. The summed E-state index contributed by atoms with van der Waals surface area (Å²) < 4.78 is 0. The van der Waals surface area contributed by atoms with Crippen LogP contribution >= 0.6 is 0 Å². The van der Waals surface area contributed by atoms with Gasteiger partial charge in [-0.1, -0.05) is 110 Å². The third-order valence-electron chi connectivity index (χ3n) is 12.6. The lowest BCUT2D eigenvalue weighted by molar-refractivity contribution is 0.0981. The first-order valence-corrected chi connectivity index (χ1v) is 18.7. The SMILES string of the molecule is CCCC(C)C1CC([Si](C)(C)C2CCC3C(C4CCCCC4)CCCC32)C2CCCCC12. The molecule has 0 radical (unpaired) electrons. The van der Waals surface area contributed by atoms with Crippen molar-refractivity contribution in [3.63, 3.8) is 0 Å². The molecule has 0 nitrogen and oxygen atoms in total. The predicted octanol–water partition coefficient (Wildman–Crippen LogP) is 10.1. The molecule has 1 heteroatoms. The van der Waals surface area contributed by atoms with E-state index in [2.05, 4.69) is 26.9 Å². The Bertz CT molecular complexity index is 604. The van der Waals surface area contributed by atoms with Gasteiger partial charge in [0, 0.05) is 0 Å². The molecule has 0 N–H and O–H groups in total. The van der Waals surface area contributed by atoms with E-state index in [1.807, 2.05) is 0 Å². The van der Waals surface area contributed by atoms with E-state index in [0.29, 0.717) is 0 Å². The lowest BCUT2D eigenvalue weighted by Crippen LogP contribution is -2.44. The van der Waals surface area contributed by atoms with E-state index in [1.54, 1.807) is 89.9 Å². The Kier molecular flexibility index (Phi) is 7.53. The summed E-state index contributed by atoms with van der Waals surface area (Å²) >= 11 is 0. The van der Waals surface area contributed by atoms with Crippen LogP contribution in [0.3, 0.4) is 0 Å². The van der Waals surface area contributed by atoms with Gasteiger partial charge in [0.05, 0.1) is 8.07 Å². The van der Waals surface area contributed by atoms with Crippen molar-refractivity contribution in [3.8, 4) is 0 Å². The standard InChI is InChI=1S/C31H56Si/c1-5-12-22(2)29-21-31(28-16-10-9-15-25(28)29)32(3,4)30-20-19-26-24(17-11-18-27(26)30)23-13-7-6-8-14-23/h22-31H,5-21H2,1-4H3.